The fourth-order valence-corrected chi connectivity index (χ4v) is 2.93. The van der Waals surface area contributed by atoms with Crippen LogP contribution in [0, 0.1) is 0 Å². The molecule has 0 radical (unpaired) electrons. The van der Waals surface area contributed by atoms with Crippen LogP contribution in [-0.4, -0.2) is 16.0 Å². The van der Waals surface area contributed by atoms with Gasteiger partial charge >= 0.3 is 0 Å². The van der Waals surface area contributed by atoms with Crippen molar-refractivity contribution in [2.45, 2.75) is 51.6 Å². The minimum absolute atomic E-state index is 0.457. The highest BCUT2D eigenvalue weighted by molar-refractivity contribution is 5.31. The molecule has 0 fully saturated rings. The van der Waals surface area contributed by atoms with Crippen LogP contribution in [0.15, 0.2) is 36.5 Å². The van der Waals surface area contributed by atoms with E-state index in [1.165, 1.54) is 11.1 Å². The van der Waals surface area contributed by atoms with Gasteiger partial charge in [-0.1, -0.05) is 38.1 Å². The predicted octanol–water partition coefficient (Wildman–Crippen LogP) is 3.25. The second kappa shape index (κ2) is 6.35. The molecular weight excluding hydrogens is 258 g/mol. The molecule has 1 heterocycles. The summed E-state index contributed by atoms with van der Waals surface area (Å²) in [7, 11) is 0. The van der Waals surface area contributed by atoms with E-state index in [9.17, 15) is 0 Å². The minimum atomic E-state index is 0.457. The van der Waals surface area contributed by atoms with E-state index in [4.69, 9.17) is 4.98 Å². The van der Waals surface area contributed by atoms with Crippen LogP contribution in [0.25, 0.3) is 0 Å². The fourth-order valence-electron chi connectivity index (χ4n) is 2.93. The highest BCUT2D eigenvalue weighted by Crippen LogP contribution is 2.30. The van der Waals surface area contributed by atoms with Crippen LogP contribution in [0.3, 0.4) is 0 Å². The van der Waals surface area contributed by atoms with Crippen LogP contribution in [0.1, 0.15) is 48.8 Å². The summed E-state index contributed by atoms with van der Waals surface area (Å²) in [4.78, 5) is 9.29. The zero-order valence-electron chi connectivity index (χ0n) is 12.8. The summed E-state index contributed by atoms with van der Waals surface area (Å²) < 4.78 is 0. The molecule has 2 aromatic rings. The van der Waals surface area contributed by atoms with E-state index in [1.54, 1.807) is 0 Å². The number of rotatable bonds is 4. The number of nitrogens with one attached hydrogen (secondary N) is 1. The van der Waals surface area contributed by atoms with Crippen LogP contribution >= 0.6 is 0 Å². The van der Waals surface area contributed by atoms with Gasteiger partial charge in [0.15, 0.2) is 0 Å². The Morgan fingerprint density at radius 2 is 2.00 bits per heavy atom. The van der Waals surface area contributed by atoms with Crippen LogP contribution in [0.4, 0.5) is 0 Å². The van der Waals surface area contributed by atoms with Gasteiger partial charge < -0.3 is 5.32 Å². The van der Waals surface area contributed by atoms with Crippen LogP contribution in [-0.2, 0) is 19.4 Å². The van der Waals surface area contributed by atoms with Gasteiger partial charge in [0.2, 0.25) is 0 Å². The lowest BCUT2D eigenvalue weighted by atomic mass is 9.83. The van der Waals surface area contributed by atoms with E-state index >= 15 is 0 Å². The molecule has 1 aliphatic rings. The second-order valence-corrected chi connectivity index (χ2v) is 6.15. The van der Waals surface area contributed by atoms with E-state index in [1.807, 2.05) is 12.3 Å². The van der Waals surface area contributed by atoms with Crippen molar-refractivity contribution in [3.05, 3.63) is 59.2 Å². The van der Waals surface area contributed by atoms with E-state index < -0.39 is 0 Å². The summed E-state index contributed by atoms with van der Waals surface area (Å²) in [5.74, 6) is 1.46. The lowest BCUT2D eigenvalue weighted by Crippen LogP contribution is -2.23. The van der Waals surface area contributed by atoms with Crippen molar-refractivity contribution in [1.29, 1.82) is 0 Å². The molecule has 1 aromatic heterocycles. The standard InChI is InChI=1S/C18H23N3/c1-13(2)20-12-17-9-10-19-18(21-17)16-8-7-14-5-3-4-6-15(14)11-16/h3-6,9-10,13,16,20H,7-8,11-12H2,1-2H3. The van der Waals surface area contributed by atoms with Gasteiger partial charge in [-0.2, -0.15) is 0 Å². The zero-order chi connectivity index (χ0) is 14.7. The van der Waals surface area contributed by atoms with E-state index in [0.717, 1.165) is 37.3 Å². The van der Waals surface area contributed by atoms with Gasteiger partial charge in [0.1, 0.15) is 5.82 Å². The van der Waals surface area contributed by atoms with E-state index in [2.05, 4.69) is 48.4 Å². The Balaban J connectivity index is 1.74. The molecule has 0 saturated heterocycles. The van der Waals surface area contributed by atoms with Crippen LogP contribution in [0.5, 0.6) is 0 Å². The third kappa shape index (κ3) is 3.48. The third-order valence-electron chi connectivity index (χ3n) is 4.14. The van der Waals surface area contributed by atoms with Gasteiger partial charge in [-0.25, -0.2) is 9.97 Å². The highest BCUT2D eigenvalue weighted by atomic mass is 14.9. The van der Waals surface area contributed by atoms with Gasteiger partial charge in [-0.3, -0.25) is 0 Å². The molecule has 0 amide bonds. The Bertz CT molecular complexity index is 607. The molecule has 0 saturated carbocycles. The first-order chi connectivity index (χ1) is 10.2. The first kappa shape index (κ1) is 14.2. The fraction of sp³-hybridized carbons (Fsp3) is 0.444. The maximum Gasteiger partial charge on any atom is 0.132 e. The van der Waals surface area contributed by atoms with E-state index in [-0.39, 0.29) is 0 Å². The van der Waals surface area contributed by atoms with Crippen molar-refractivity contribution < 1.29 is 0 Å². The molecule has 3 heteroatoms. The summed E-state index contributed by atoms with van der Waals surface area (Å²) in [5, 5.41) is 3.42. The predicted molar refractivity (Wildman–Crippen MR) is 85.2 cm³/mol. The van der Waals surface area contributed by atoms with Crippen molar-refractivity contribution >= 4 is 0 Å². The Labute approximate surface area is 126 Å². The van der Waals surface area contributed by atoms with Crippen molar-refractivity contribution in [3.8, 4) is 0 Å². The van der Waals surface area contributed by atoms with Crippen molar-refractivity contribution in [2.75, 3.05) is 0 Å². The van der Waals surface area contributed by atoms with Crippen molar-refractivity contribution in [2.24, 2.45) is 0 Å². The molecule has 0 spiro atoms. The monoisotopic (exact) mass is 281 g/mol. The van der Waals surface area contributed by atoms with Crippen molar-refractivity contribution in [1.82, 2.24) is 15.3 Å². The normalized spacial score (nSPS) is 17.8. The number of hydrogen-bond donors (Lipinski definition) is 1. The summed E-state index contributed by atoms with van der Waals surface area (Å²) in [5.41, 5.74) is 4.04. The summed E-state index contributed by atoms with van der Waals surface area (Å²) in [6.45, 7) is 5.12. The summed E-state index contributed by atoms with van der Waals surface area (Å²) in [6.07, 6.45) is 5.26. The molecule has 0 aliphatic heterocycles. The van der Waals surface area contributed by atoms with Gasteiger partial charge in [-0.05, 0) is 36.5 Å². The number of fused-ring (bicyclic) bond motifs is 1. The molecule has 1 atom stereocenters. The number of aromatic nitrogens is 2. The summed E-state index contributed by atoms with van der Waals surface area (Å²) in [6, 6.07) is 11.2. The number of benzene rings is 1. The van der Waals surface area contributed by atoms with Gasteiger partial charge in [0.25, 0.3) is 0 Å². The molecule has 0 bridgehead atoms. The topological polar surface area (TPSA) is 37.8 Å². The molecule has 1 unspecified atom stereocenters. The molecule has 3 nitrogen and oxygen atoms in total. The first-order valence-electron chi connectivity index (χ1n) is 7.84. The average Bonchev–Trinajstić information content (AvgIpc) is 2.53. The average molecular weight is 281 g/mol. The van der Waals surface area contributed by atoms with Gasteiger partial charge in [0, 0.05) is 24.7 Å². The second-order valence-electron chi connectivity index (χ2n) is 6.15. The molecule has 21 heavy (non-hydrogen) atoms. The smallest absolute Gasteiger partial charge is 0.132 e. The lowest BCUT2D eigenvalue weighted by Gasteiger charge is -2.23. The van der Waals surface area contributed by atoms with E-state index in [0.29, 0.717) is 12.0 Å². The van der Waals surface area contributed by atoms with Crippen LogP contribution < -0.4 is 5.32 Å². The molecule has 1 N–H and O–H groups in total. The highest BCUT2D eigenvalue weighted by Gasteiger charge is 2.22. The Morgan fingerprint density at radius 1 is 1.19 bits per heavy atom. The zero-order valence-corrected chi connectivity index (χ0v) is 12.8. The first-order valence-corrected chi connectivity index (χ1v) is 7.84. The summed E-state index contributed by atoms with van der Waals surface area (Å²) >= 11 is 0. The number of aryl methyl sites for hydroxylation is 1. The molecule has 1 aliphatic carbocycles. The number of hydrogen-bond acceptors (Lipinski definition) is 3. The molecule has 3 rings (SSSR count). The minimum Gasteiger partial charge on any atom is -0.309 e. The maximum absolute atomic E-state index is 4.77. The third-order valence-corrected chi connectivity index (χ3v) is 4.14. The Kier molecular flexibility index (Phi) is 4.30. The van der Waals surface area contributed by atoms with Crippen LogP contribution in [0.2, 0.25) is 0 Å². The number of nitrogens with zero attached hydrogens (tertiary/aromatic N) is 2. The maximum atomic E-state index is 4.77. The van der Waals surface area contributed by atoms with Gasteiger partial charge in [0.05, 0.1) is 5.69 Å². The Hall–Kier alpha value is -1.74. The molecule has 110 valence electrons. The Morgan fingerprint density at radius 3 is 2.81 bits per heavy atom. The molecule has 1 aromatic carbocycles. The lowest BCUT2D eigenvalue weighted by molar-refractivity contribution is 0.541. The van der Waals surface area contributed by atoms with Crippen molar-refractivity contribution in [3.63, 3.8) is 0 Å². The molecular formula is C18H23N3. The largest absolute Gasteiger partial charge is 0.309 e. The quantitative estimate of drug-likeness (QED) is 0.935. The SMILES string of the molecule is CC(C)NCc1ccnc(C2CCc3ccccc3C2)n1. The van der Waals surface area contributed by atoms with Gasteiger partial charge in [-0.15, -0.1) is 0 Å².